The molecular formula is C37H38ClN13O3. The molecule has 54 heavy (non-hydrogen) atoms. The number of piperazine rings is 1. The van der Waals surface area contributed by atoms with E-state index in [1.54, 1.807) is 35.3 Å². The van der Waals surface area contributed by atoms with E-state index in [-0.39, 0.29) is 34.6 Å². The first kappa shape index (κ1) is 31.4. The van der Waals surface area contributed by atoms with Gasteiger partial charge in [0.1, 0.15) is 10.8 Å². The van der Waals surface area contributed by atoms with Crippen molar-refractivity contribution in [3.63, 3.8) is 0 Å². The zero-order valence-corrected chi connectivity index (χ0v) is 30.4. The molecule has 17 heteroatoms. The summed E-state index contributed by atoms with van der Waals surface area (Å²) in [5.41, 5.74) is 1.43. The highest BCUT2D eigenvalue weighted by atomic mass is 35.5. The van der Waals surface area contributed by atoms with Gasteiger partial charge in [0, 0.05) is 85.3 Å². The number of anilines is 5. The van der Waals surface area contributed by atoms with E-state index in [0.29, 0.717) is 71.5 Å². The molecule has 0 spiro atoms. The molecule has 3 N–H and O–H groups in total. The molecule has 2 aromatic carbocycles. The topological polar surface area (TPSA) is 181 Å². The Bertz CT molecular complexity index is 2610. The maximum atomic E-state index is 13.1. The van der Waals surface area contributed by atoms with Crippen LogP contribution in [0.5, 0.6) is 0 Å². The molecule has 6 heterocycles. The Hall–Kier alpha value is -6.16. The second-order valence-electron chi connectivity index (χ2n) is 13.8. The standard InChI is InChI=1S/C37H38ClN13O3/c1-37(2,34-39-12-5-13-40-34)46-31-25-18-21(6-10-27(25)48(3)36(54)45-31)42-32-26(38)20-41-35(44-32)51-16-14-50(15-17-51)22-7-8-23-28(19-22)49(4)47-30(23)24-9-11-29(52)43-33(24)53/h5-8,10,12-13,18-20,24H,9,11,14-17H2,1-4H3,(H,41,42,44)(H,43,52,53)(H,45,46,54)/i3D3. The zero-order valence-electron chi connectivity index (χ0n) is 32.7. The monoisotopic (exact) mass is 750 g/mol. The van der Waals surface area contributed by atoms with Crippen LogP contribution in [-0.4, -0.2) is 77.3 Å². The number of carbonyl (C=O) groups excluding carboxylic acids is 2. The minimum absolute atomic E-state index is 0.150. The van der Waals surface area contributed by atoms with Gasteiger partial charge in [-0.15, -0.1) is 0 Å². The van der Waals surface area contributed by atoms with E-state index in [1.807, 2.05) is 33.0 Å². The summed E-state index contributed by atoms with van der Waals surface area (Å²) >= 11 is 6.61. The third-order valence-electron chi connectivity index (χ3n) is 9.80. The maximum absolute atomic E-state index is 13.1. The maximum Gasteiger partial charge on any atom is 0.349 e. The number of halogens is 1. The van der Waals surface area contributed by atoms with E-state index in [9.17, 15) is 14.4 Å². The first-order chi connectivity index (χ1) is 27.2. The van der Waals surface area contributed by atoms with Gasteiger partial charge in [0.15, 0.2) is 11.6 Å². The fraction of sp³-hybridized carbons (Fsp3) is 0.324. The van der Waals surface area contributed by atoms with Gasteiger partial charge in [-0.2, -0.15) is 15.1 Å². The minimum Gasteiger partial charge on any atom is -0.368 e. The largest absolute Gasteiger partial charge is 0.368 e. The lowest BCUT2D eigenvalue weighted by Crippen LogP contribution is -2.47. The predicted molar refractivity (Wildman–Crippen MR) is 206 cm³/mol. The van der Waals surface area contributed by atoms with E-state index in [1.165, 1.54) is 12.3 Å². The number of amides is 2. The highest BCUT2D eigenvalue weighted by Gasteiger charge is 2.32. The van der Waals surface area contributed by atoms with Crippen molar-refractivity contribution in [2.75, 3.05) is 46.6 Å². The molecule has 2 fully saturated rings. The normalized spacial score (nSPS) is 17.6. The summed E-state index contributed by atoms with van der Waals surface area (Å²) < 4.78 is 26.6. The number of aryl methyl sites for hydroxylation is 2. The first-order valence-corrected chi connectivity index (χ1v) is 17.8. The van der Waals surface area contributed by atoms with Gasteiger partial charge in [0.2, 0.25) is 17.8 Å². The number of rotatable bonds is 8. The summed E-state index contributed by atoms with van der Waals surface area (Å²) in [4.78, 5) is 63.9. The van der Waals surface area contributed by atoms with Crippen LogP contribution < -0.4 is 31.4 Å². The highest BCUT2D eigenvalue weighted by Crippen LogP contribution is 2.34. The van der Waals surface area contributed by atoms with Gasteiger partial charge < -0.3 is 20.4 Å². The Morgan fingerprint density at radius 2 is 1.70 bits per heavy atom. The Morgan fingerprint density at radius 3 is 2.46 bits per heavy atom. The second-order valence-corrected chi connectivity index (χ2v) is 14.2. The van der Waals surface area contributed by atoms with Crippen molar-refractivity contribution in [1.82, 2.24) is 44.6 Å². The molecule has 1 atom stereocenters. The van der Waals surface area contributed by atoms with Crippen molar-refractivity contribution < 1.29 is 13.7 Å². The van der Waals surface area contributed by atoms with Crippen LogP contribution >= 0.6 is 11.6 Å². The second kappa shape index (κ2) is 13.7. The van der Waals surface area contributed by atoms with Crippen molar-refractivity contribution in [1.29, 1.82) is 0 Å². The van der Waals surface area contributed by atoms with Crippen LogP contribution in [0.4, 0.5) is 29.0 Å². The Labute approximate surface area is 318 Å². The minimum atomic E-state index is -2.78. The van der Waals surface area contributed by atoms with Gasteiger partial charge >= 0.3 is 5.69 Å². The summed E-state index contributed by atoms with van der Waals surface area (Å²) in [5, 5.41) is 15.1. The molecule has 2 aliphatic heterocycles. The van der Waals surface area contributed by atoms with Gasteiger partial charge in [0.05, 0.1) is 34.4 Å². The third-order valence-corrected chi connectivity index (χ3v) is 10.1. The lowest BCUT2D eigenvalue weighted by atomic mass is 9.93. The van der Waals surface area contributed by atoms with Gasteiger partial charge in [-0.05, 0) is 62.7 Å². The van der Waals surface area contributed by atoms with Crippen molar-refractivity contribution in [2.24, 2.45) is 14.0 Å². The van der Waals surface area contributed by atoms with Gasteiger partial charge in [-0.1, -0.05) is 11.6 Å². The number of fused-ring (bicyclic) bond motifs is 2. The van der Waals surface area contributed by atoms with Gasteiger partial charge in [-0.3, -0.25) is 24.2 Å². The summed E-state index contributed by atoms with van der Waals surface area (Å²) in [6, 6.07) is 12.7. The molecule has 276 valence electrons. The van der Waals surface area contributed by atoms with Crippen LogP contribution in [0.25, 0.3) is 21.8 Å². The third kappa shape index (κ3) is 6.53. The van der Waals surface area contributed by atoms with Crippen molar-refractivity contribution in [2.45, 2.75) is 38.1 Å². The smallest absolute Gasteiger partial charge is 0.349 e. The molecular weight excluding hydrogens is 710 g/mol. The molecule has 16 nitrogen and oxygen atoms in total. The number of aromatic nitrogens is 8. The van der Waals surface area contributed by atoms with Gasteiger partial charge in [0.25, 0.3) is 0 Å². The molecule has 0 radical (unpaired) electrons. The van der Waals surface area contributed by atoms with E-state index in [0.717, 1.165) is 16.6 Å². The van der Waals surface area contributed by atoms with E-state index < -0.39 is 24.1 Å². The van der Waals surface area contributed by atoms with Crippen LogP contribution in [0, 0.1) is 0 Å². The molecule has 0 bridgehead atoms. The molecule has 0 saturated carbocycles. The number of hydrogen-bond acceptors (Lipinski definition) is 13. The number of piperidine rings is 1. The van der Waals surface area contributed by atoms with Crippen molar-refractivity contribution in [3.05, 3.63) is 88.1 Å². The number of imide groups is 1. The predicted octanol–water partition coefficient (Wildman–Crippen LogP) is 3.99. The molecule has 6 aromatic rings. The molecule has 4 aromatic heterocycles. The van der Waals surface area contributed by atoms with E-state index >= 15 is 0 Å². The van der Waals surface area contributed by atoms with E-state index in [4.69, 9.17) is 20.7 Å². The van der Waals surface area contributed by atoms with Crippen LogP contribution in [0.3, 0.4) is 0 Å². The van der Waals surface area contributed by atoms with Crippen LogP contribution in [0.1, 0.15) is 48.2 Å². The Kier molecular flexibility index (Phi) is 7.94. The average molecular weight is 751 g/mol. The summed E-state index contributed by atoms with van der Waals surface area (Å²) in [7, 11) is 1.85. The van der Waals surface area contributed by atoms with Crippen molar-refractivity contribution in [3.8, 4) is 0 Å². The van der Waals surface area contributed by atoms with Gasteiger partial charge in [-0.25, -0.2) is 19.7 Å². The lowest BCUT2D eigenvalue weighted by Gasteiger charge is -2.36. The van der Waals surface area contributed by atoms with Crippen LogP contribution in [-0.2, 0) is 29.2 Å². The number of nitrogens with zero attached hydrogens (tertiary/aromatic N) is 10. The lowest BCUT2D eigenvalue weighted by molar-refractivity contribution is -0.134. The summed E-state index contributed by atoms with van der Waals surface area (Å²) in [5.74, 6) is 0.372. The molecule has 1 unspecified atom stereocenters. The average Bonchev–Trinajstić information content (AvgIpc) is 3.50. The summed E-state index contributed by atoms with van der Waals surface area (Å²) in [6.07, 6.45) is 5.46. The number of hydrogen-bond donors (Lipinski definition) is 3. The first-order valence-electron chi connectivity index (χ1n) is 18.9. The number of benzene rings is 2. The number of carbonyl (C=O) groups is 2. The SMILES string of the molecule is [2H]C([2H])([2H])n1c(=O)nc(NC(C)(C)c2ncccn2)c2cc(Nc3nc(N4CCN(c5ccc6c(C7CCC(=O)NC7=O)nn(C)c6c5)CC4)ncc3Cl)ccc21. The van der Waals surface area contributed by atoms with E-state index in [2.05, 4.69) is 56.9 Å². The van der Waals surface area contributed by atoms with Crippen LogP contribution in [0.15, 0.2) is 65.8 Å². The quantitative estimate of drug-likeness (QED) is 0.190. The fourth-order valence-electron chi connectivity index (χ4n) is 6.96. The Morgan fingerprint density at radius 1 is 0.926 bits per heavy atom. The molecule has 8 rings (SSSR count). The number of nitrogens with one attached hydrogen (secondary N) is 3. The molecule has 2 aliphatic rings. The molecule has 0 aliphatic carbocycles. The molecule has 2 amide bonds. The Balaban J connectivity index is 1.02. The van der Waals surface area contributed by atoms with Crippen LogP contribution in [0.2, 0.25) is 5.02 Å². The zero-order chi connectivity index (χ0) is 40.2. The summed E-state index contributed by atoms with van der Waals surface area (Å²) in [6.45, 7) is 3.48. The molecule has 2 saturated heterocycles. The van der Waals surface area contributed by atoms with Crippen molar-refractivity contribution >= 4 is 74.2 Å². The fourth-order valence-corrected chi connectivity index (χ4v) is 7.10. The highest BCUT2D eigenvalue weighted by molar-refractivity contribution is 6.33.